The topological polar surface area (TPSA) is 83.4 Å². The Balaban J connectivity index is 0.00000312. The third-order valence-electron chi connectivity index (χ3n) is 3.92. The number of para-hydroxylation sites is 2. The lowest BCUT2D eigenvalue weighted by atomic mass is 9.83. The van der Waals surface area contributed by atoms with Crippen LogP contribution in [0.25, 0.3) is 0 Å². The molecule has 0 spiro atoms. The van der Waals surface area contributed by atoms with Gasteiger partial charge in [0.25, 0.3) is 0 Å². The highest BCUT2D eigenvalue weighted by Gasteiger charge is 2.32. The molecule has 1 fully saturated rings. The number of ether oxygens (including phenoxy) is 1. The number of anilines is 1. The summed E-state index contributed by atoms with van der Waals surface area (Å²) in [5.74, 6) is 0.136. The van der Waals surface area contributed by atoms with Crippen molar-refractivity contribution in [2.24, 2.45) is 22.6 Å². The van der Waals surface area contributed by atoms with Crippen molar-refractivity contribution in [1.29, 1.82) is 5.26 Å². The van der Waals surface area contributed by atoms with Crippen molar-refractivity contribution >= 4 is 35.6 Å². The van der Waals surface area contributed by atoms with Crippen LogP contribution in [0.15, 0.2) is 29.3 Å². The number of hydrogen-bond acceptors (Lipinski definition) is 3. The highest BCUT2D eigenvalue weighted by Crippen LogP contribution is 2.30. The molecule has 0 aromatic heterocycles. The van der Waals surface area contributed by atoms with Crippen molar-refractivity contribution in [3.05, 3.63) is 24.3 Å². The second-order valence-corrected chi connectivity index (χ2v) is 5.74. The van der Waals surface area contributed by atoms with E-state index in [1.165, 1.54) is 18.2 Å². The SMILES string of the molecule is I.N#CC1CCC(CN=C(N)Nc2ccccc2OC(F)(F)F)CC1. The van der Waals surface area contributed by atoms with Gasteiger partial charge in [-0.05, 0) is 43.7 Å². The van der Waals surface area contributed by atoms with Gasteiger partial charge in [0.1, 0.15) is 0 Å². The van der Waals surface area contributed by atoms with Gasteiger partial charge >= 0.3 is 6.36 Å². The number of nitrogens with zero attached hydrogens (tertiary/aromatic N) is 2. The van der Waals surface area contributed by atoms with Gasteiger partial charge in [-0.3, -0.25) is 4.99 Å². The minimum atomic E-state index is -4.77. The van der Waals surface area contributed by atoms with Gasteiger partial charge < -0.3 is 15.8 Å². The van der Waals surface area contributed by atoms with Crippen LogP contribution in [0.4, 0.5) is 18.9 Å². The predicted octanol–water partition coefficient (Wildman–Crippen LogP) is 4.26. The molecule has 0 aliphatic heterocycles. The summed E-state index contributed by atoms with van der Waals surface area (Å²) in [5.41, 5.74) is 5.86. The molecular formula is C16H20F3IN4O. The Morgan fingerprint density at radius 3 is 2.52 bits per heavy atom. The second-order valence-electron chi connectivity index (χ2n) is 5.74. The van der Waals surface area contributed by atoms with E-state index >= 15 is 0 Å². The zero-order valence-electron chi connectivity index (χ0n) is 13.4. The van der Waals surface area contributed by atoms with Gasteiger partial charge in [-0.25, -0.2) is 0 Å². The van der Waals surface area contributed by atoms with Gasteiger partial charge in [0, 0.05) is 12.5 Å². The number of nitriles is 1. The normalized spacial score (nSPS) is 21.0. The van der Waals surface area contributed by atoms with Crippen molar-refractivity contribution in [2.45, 2.75) is 32.0 Å². The minimum Gasteiger partial charge on any atom is -0.404 e. The summed E-state index contributed by atoms with van der Waals surface area (Å²) in [6.07, 6.45) is -1.26. The smallest absolute Gasteiger partial charge is 0.404 e. The number of guanidine groups is 1. The van der Waals surface area contributed by atoms with E-state index < -0.39 is 6.36 Å². The van der Waals surface area contributed by atoms with Gasteiger partial charge in [-0.15, -0.1) is 37.1 Å². The molecule has 1 aromatic carbocycles. The van der Waals surface area contributed by atoms with Crippen LogP contribution in [0, 0.1) is 23.2 Å². The van der Waals surface area contributed by atoms with Crippen LogP contribution in [-0.4, -0.2) is 18.9 Å². The summed E-state index contributed by atoms with van der Waals surface area (Å²) in [7, 11) is 0. The Hall–Kier alpha value is -1.70. The van der Waals surface area contributed by atoms with Gasteiger partial charge in [-0.2, -0.15) is 5.26 Å². The van der Waals surface area contributed by atoms with E-state index in [0.29, 0.717) is 12.5 Å². The van der Waals surface area contributed by atoms with E-state index in [1.807, 2.05) is 0 Å². The first-order valence-corrected chi connectivity index (χ1v) is 7.68. The van der Waals surface area contributed by atoms with E-state index in [0.717, 1.165) is 25.7 Å². The fourth-order valence-corrected chi connectivity index (χ4v) is 2.66. The molecule has 0 amide bonds. The standard InChI is InChI=1S/C16H19F3N4O.HI/c17-16(18,19)24-14-4-2-1-3-13(14)23-15(21)22-10-12-7-5-11(9-20)6-8-12;/h1-4,11-12H,5-8,10H2,(H3,21,22,23);1H. The molecule has 9 heteroatoms. The average Bonchev–Trinajstić information content (AvgIpc) is 2.54. The van der Waals surface area contributed by atoms with E-state index in [9.17, 15) is 13.2 Å². The molecule has 0 unspecified atom stereocenters. The Morgan fingerprint density at radius 1 is 1.28 bits per heavy atom. The maximum atomic E-state index is 12.4. The molecule has 1 aromatic rings. The summed E-state index contributed by atoms with van der Waals surface area (Å²) in [6.45, 7) is 0.485. The fourth-order valence-electron chi connectivity index (χ4n) is 2.66. The lowest BCUT2D eigenvalue weighted by molar-refractivity contribution is -0.274. The minimum absolute atomic E-state index is 0. The van der Waals surface area contributed by atoms with Crippen molar-refractivity contribution in [1.82, 2.24) is 0 Å². The van der Waals surface area contributed by atoms with Crippen molar-refractivity contribution in [2.75, 3.05) is 11.9 Å². The van der Waals surface area contributed by atoms with Gasteiger partial charge in [0.2, 0.25) is 0 Å². The molecule has 1 aliphatic rings. The number of halogens is 4. The molecule has 1 aliphatic carbocycles. The summed E-state index contributed by atoms with van der Waals surface area (Å²) < 4.78 is 41.1. The van der Waals surface area contributed by atoms with E-state index in [1.54, 1.807) is 6.07 Å². The van der Waals surface area contributed by atoms with Crippen LogP contribution in [0.1, 0.15) is 25.7 Å². The summed E-state index contributed by atoms with van der Waals surface area (Å²) in [4.78, 5) is 4.20. The maximum absolute atomic E-state index is 12.4. The summed E-state index contributed by atoms with van der Waals surface area (Å²) in [6, 6.07) is 7.91. The molecule has 138 valence electrons. The zero-order chi connectivity index (χ0) is 17.6. The van der Waals surface area contributed by atoms with Crippen LogP contribution in [-0.2, 0) is 0 Å². The Kier molecular flexibility index (Phi) is 8.28. The molecule has 0 atom stereocenters. The molecule has 25 heavy (non-hydrogen) atoms. The number of nitrogens with one attached hydrogen (secondary N) is 1. The number of benzene rings is 1. The monoisotopic (exact) mass is 468 g/mol. The number of aliphatic imine (C=N–C) groups is 1. The highest BCUT2D eigenvalue weighted by atomic mass is 127. The summed E-state index contributed by atoms with van der Waals surface area (Å²) >= 11 is 0. The molecule has 2 rings (SSSR count). The first kappa shape index (κ1) is 21.3. The molecule has 0 heterocycles. The number of alkyl halides is 3. The lowest BCUT2D eigenvalue weighted by Crippen LogP contribution is -2.26. The number of nitrogens with two attached hydrogens (primary N) is 1. The molecule has 0 bridgehead atoms. The van der Waals surface area contributed by atoms with Crippen molar-refractivity contribution < 1.29 is 17.9 Å². The molecule has 5 nitrogen and oxygen atoms in total. The molecular weight excluding hydrogens is 448 g/mol. The number of rotatable bonds is 4. The quantitative estimate of drug-likeness (QED) is 0.393. The molecule has 0 saturated heterocycles. The van der Waals surface area contributed by atoms with Gasteiger partial charge in [-0.1, -0.05) is 12.1 Å². The van der Waals surface area contributed by atoms with Crippen LogP contribution < -0.4 is 15.8 Å². The van der Waals surface area contributed by atoms with Crippen LogP contribution >= 0.6 is 24.0 Å². The van der Waals surface area contributed by atoms with Crippen molar-refractivity contribution in [3.63, 3.8) is 0 Å². The van der Waals surface area contributed by atoms with Crippen LogP contribution in [0.2, 0.25) is 0 Å². The Labute approximate surface area is 161 Å². The second kappa shape index (κ2) is 9.70. The third kappa shape index (κ3) is 7.37. The van der Waals surface area contributed by atoms with E-state index in [4.69, 9.17) is 11.0 Å². The highest BCUT2D eigenvalue weighted by molar-refractivity contribution is 14.0. The van der Waals surface area contributed by atoms with Crippen LogP contribution in [0.5, 0.6) is 5.75 Å². The van der Waals surface area contributed by atoms with Gasteiger partial charge in [0.05, 0.1) is 11.8 Å². The van der Waals surface area contributed by atoms with Crippen molar-refractivity contribution in [3.8, 4) is 11.8 Å². The predicted molar refractivity (Wildman–Crippen MR) is 99.7 cm³/mol. The first-order chi connectivity index (χ1) is 11.4. The average molecular weight is 468 g/mol. The largest absolute Gasteiger partial charge is 0.573 e. The molecule has 3 N–H and O–H groups in total. The molecule has 0 radical (unpaired) electrons. The Bertz CT molecular complexity index is 623. The first-order valence-electron chi connectivity index (χ1n) is 7.68. The maximum Gasteiger partial charge on any atom is 0.573 e. The third-order valence-corrected chi connectivity index (χ3v) is 3.92. The lowest BCUT2D eigenvalue weighted by Gasteiger charge is -2.23. The molecule has 1 saturated carbocycles. The summed E-state index contributed by atoms with van der Waals surface area (Å²) in [5, 5.41) is 11.5. The van der Waals surface area contributed by atoms with Gasteiger partial charge in [0.15, 0.2) is 11.7 Å². The number of hydrogen-bond donors (Lipinski definition) is 2. The fraction of sp³-hybridized carbons (Fsp3) is 0.500. The van der Waals surface area contributed by atoms with Crippen LogP contribution in [0.3, 0.4) is 0 Å². The Morgan fingerprint density at radius 2 is 1.92 bits per heavy atom. The van der Waals surface area contributed by atoms with E-state index in [-0.39, 0.29) is 47.3 Å². The zero-order valence-corrected chi connectivity index (χ0v) is 15.8. The van der Waals surface area contributed by atoms with E-state index in [2.05, 4.69) is 21.1 Å².